The van der Waals surface area contributed by atoms with Gasteiger partial charge >= 0.3 is 0 Å². The molecule has 31 heavy (non-hydrogen) atoms. The van der Waals surface area contributed by atoms with Crippen molar-refractivity contribution >= 4 is 23.4 Å². The van der Waals surface area contributed by atoms with Gasteiger partial charge in [0.2, 0.25) is 11.8 Å². The van der Waals surface area contributed by atoms with Gasteiger partial charge in [-0.1, -0.05) is 18.2 Å². The number of hydrogen-bond donors (Lipinski definition) is 1. The number of nitrogens with one attached hydrogen (secondary N) is 1. The molecule has 6 nitrogen and oxygen atoms in total. The molecular weight excluding hydrogens is 390 g/mol. The predicted octanol–water partition coefficient (Wildman–Crippen LogP) is 3.39. The third-order valence-corrected chi connectivity index (χ3v) is 6.22. The number of nitrogens with zero attached hydrogens (tertiary/aromatic N) is 2. The van der Waals surface area contributed by atoms with Gasteiger partial charge in [0.1, 0.15) is 6.04 Å². The molecule has 1 N–H and O–H groups in total. The Balaban J connectivity index is 1.42. The topological polar surface area (TPSA) is 69.7 Å². The second-order valence-electron chi connectivity index (χ2n) is 8.42. The molecule has 4 rings (SSSR count). The number of benzene rings is 2. The molecule has 0 saturated carbocycles. The zero-order valence-electron chi connectivity index (χ0n) is 18.2. The maximum Gasteiger partial charge on any atom is 0.251 e. The van der Waals surface area contributed by atoms with E-state index in [0.717, 1.165) is 62.1 Å². The molecule has 1 saturated heterocycles. The number of rotatable bonds is 4. The number of carbonyl (C=O) groups excluding carboxylic acids is 3. The normalized spacial score (nSPS) is 16.6. The lowest BCUT2D eigenvalue weighted by Gasteiger charge is -2.29. The molecule has 0 bridgehead atoms. The van der Waals surface area contributed by atoms with Gasteiger partial charge < -0.3 is 15.1 Å². The SMILES string of the molecule is CC(=O)N1CCc2cc(-c3ccc(C(=O)NC(C)C(=O)N4CCCCC4)cc3)ccc21. The van der Waals surface area contributed by atoms with Crippen LogP contribution in [0.3, 0.4) is 0 Å². The van der Waals surface area contributed by atoms with Crippen LogP contribution in [-0.4, -0.2) is 48.3 Å². The molecule has 0 spiro atoms. The van der Waals surface area contributed by atoms with Crippen LogP contribution in [0.5, 0.6) is 0 Å². The van der Waals surface area contributed by atoms with E-state index in [4.69, 9.17) is 0 Å². The van der Waals surface area contributed by atoms with Gasteiger partial charge in [-0.25, -0.2) is 0 Å². The monoisotopic (exact) mass is 419 g/mol. The van der Waals surface area contributed by atoms with Crippen molar-refractivity contribution in [3.05, 3.63) is 53.6 Å². The summed E-state index contributed by atoms with van der Waals surface area (Å²) >= 11 is 0. The maximum absolute atomic E-state index is 12.6. The zero-order valence-corrected chi connectivity index (χ0v) is 18.2. The van der Waals surface area contributed by atoms with Crippen LogP contribution in [0.2, 0.25) is 0 Å². The first kappa shape index (κ1) is 21.1. The average Bonchev–Trinajstić information content (AvgIpc) is 3.23. The van der Waals surface area contributed by atoms with Crippen LogP contribution in [0, 0.1) is 0 Å². The molecule has 162 valence electrons. The van der Waals surface area contributed by atoms with E-state index in [1.807, 2.05) is 29.2 Å². The first-order chi connectivity index (χ1) is 14.9. The summed E-state index contributed by atoms with van der Waals surface area (Å²) in [6.07, 6.45) is 4.08. The number of carbonyl (C=O) groups is 3. The second-order valence-corrected chi connectivity index (χ2v) is 8.42. The van der Waals surface area contributed by atoms with E-state index in [0.29, 0.717) is 5.56 Å². The van der Waals surface area contributed by atoms with E-state index in [9.17, 15) is 14.4 Å². The minimum atomic E-state index is -0.536. The molecule has 3 amide bonds. The van der Waals surface area contributed by atoms with Crippen molar-refractivity contribution in [1.82, 2.24) is 10.2 Å². The second kappa shape index (κ2) is 8.92. The van der Waals surface area contributed by atoms with Gasteiger partial charge in [0.25, 0.3) is 5.91 Å². The first-order valence-corrected chi connectivity index (χ1v) is 11.0. The molecule has 0 aliphatic carbocycles. The fourth-order valence-corrected chi connectivity index (χ4v) is 4.45. The predicted molar refractivity (Wildman–Crippen MR) is 121 cm³/mol. The standard InChI is InChI=1S/C25H29N3O3/c1-17(25(31)27-13-4-3-5-14-27)26-24(30)20-8-6-19(7-9-20)21-10-11-23-22(16-21)12-15-28(23)18(2)29/h6-11,16-17H,3-5,12-15H2,1-2H3,(H,26,30). The maximum atomic E-state index is 12.6. The number of piperidine rings is 1. The number of fused-ring (bicyclic) bond motifs is 1. The smallest absolute Gasteiger partial charge is 0.251 e. The van der Waals surface area contributed by atoms with Gasteiger partial charge in [0, 0.05) is 37.8 Å². The third kappa shape index (κ3) is 4.48. The Kier molecular flexibility index (Phi) is 6.07. The van der Waals surface area contributed by atoms with E-state index in [-0.39, 0.29) is 17.7 Å². The highest BCUT2D eigenvalue weighted by atomic mass is 16.2. The molecule has 2 aromatic carbocycles. The van der Waals surface area contributed by atoms with Crippen molar-refractivity contribution < 1.29 is 14.4 Å². The number of hydrogen-bond acceptors (Lipinski definition) is 3. The Labute approximate surface area is 183 Å². The van der Waals surface area contributed by atoms with Crippen molar-refractivity contribution in [3.63, 3.8) is 0 Å². The lowest BCUT2D eigenvalue weighted by Crippen LogP contribution is -2.48. The number of anilines is 1. The summed E-state index contributed by atoms with van der Waals surface area (Å²) < 4.78 is 0. The van der Waals surface area contributed by atoms with E-state index < -0.39 is 6.04 Å². The molecule has 0 aromatic heterocycles. The van der Waals surface area contributed by atoms with Crippen molar-refractivity contribution in [2.24, 2.45) is 0 Å². The Morgan fingerprint density at radius 3 is 2.26 bits per heavy atom. The highest BCUT2D eigenvalue weighted by Crippen LogP contribution is 2.32. The Hall–Kier alpha value is -3.15. The average molecular weight is 420 g/mol. The zero-order chi connectivity index (χ0) is 22.0. The van der Waals surface area contributed by atoms with Gasteiger partial charge in [-0.3, -0.25) is 14.4 Å². The van der Waals surface area contributed by atoms with Crippen LogP contribution < -0.4 is 10.2 Å². The molecule has 2 heterocycles. The lowest BCUT2D eigenvalue weighted by molar-refractivity contribution is -0.133. The van der Waals surface area contributed by atoms with E-state index in [1.54, 1.807) is 30.9 Å². The fraction of sp³-hybridized carbons (Fsp3) is 0.400. The summed E-state index contributed by atoms with van der Waals surface area (Å²) in [4.78, 5) is 40.6. The number of likely N-dealkylation sites (tertiary alicyclic amines) is 1. The van der Waals surface area contributed by atoms with Crippen LogP contribution in [0.4, 0.5) is 5.69 Å². The summed E-state index contributed by atoms with van der Waals surface area (Å²) in [6.45, 7) is 5.62. The largest absolute Gasteiger partial charge is 0.341 e. The quantitative estimate of drug-likeness (QED) is 0.826. The van der Waals surface area contributed by atoms with Crippen molar-refractivity contribution in [1.29, 1.82) is 0 Å². The van der Waals surface area contributed by atoms with Crippen LogP contribution in [0.15, 0.2) is 42.5 Å². The van der Waals surface area contributed by atoms with E-state index in [1.165, 1.54) is 5.56 Å². The van der Waals surface area contributed by atoms with Crippen LogP contribution >= 0.6 is 0 Å². The van der Waals surface area contributed by atoms with Crippen molar-refractivity contribution in [2.75, 3.05) is 24.5 Å². The summed E-state index contributed by atoms with van der Waals surface area (Å²) in [6, 6.07) is 13.0. The highest BCUT2D eigenvalue weighted by molar-refractivity contribution is 5.98. The molecule has 2 aromatic rings. The van der Waals surface area contributed by atoms with Gasteiger partial charge in [0.05, 0.1) is 0 Å². The van der Waals surface area contributed by atoms with Crippen LogP contribution in [0.25, 0.3) is 11.1 Å². The van der Waals surface area contributed by atoms with Gasteiger partial charge in [-0.2, -0.15) is 0 Å². The van der Waals surface area contributed by atoms with Gasteiger partial charge in [0.15, 0.2) is 0 Å². The van der Waals surface area contributed by atoms with Crippen molar-refractivity contribution in [2.45, 2.75) is 45.6 Å². The minimum Gasteiger partial charge on any atom is -0.341 e. The minimum absolute atomic E-state index is 0.0117. The number of amides is 3. The van der Waals surface area contributed by atoms with E-state index in [2.05, 4.69) is 11.4 Å². The molecule has 2 aliphatic rings. The fourth-order valence-electron chi connectivity index (χ4n) is 4.45. The summed E-state index contributed by atoms with van der Waals surface area (Å²) in [5.41, 5.74) is 4.76. The van der Waals surface area contributed by atoms with Crippen molar-refractivity contribution in [3.8, 4) is 11.1 Å². The van der Waals surface area contributed by atoms with Crippen LogP contribution in [-0.2, 0) is 16.0 Å². The molecule has 1 unspecified atom stereocenters. The molecule has 1 fully saturated rings. The first-order valence-electron chi connectivity index (χ1n) is 11.0. The Morgan fingerprint density at radius 2 is 1.58 bits per heavy atom. The molecule has 6 heteroatoms. The summed E-state index contributed by atoms with van der Waals surface area (Å²) in [5.74, 6) is -0.187. The van der Waals surface area contributed by atoms with Gasteiger partial charge in [-0.05, 0) is 73.6 Å². The lowest BCUT2D eigenvalue weighted by atomic mass is 10.0. The molecule has 0 radical (unpaired) electrons. The highest BCUT2D eigenvalue weighted by Gasteiger charge is 2.24. The van der Waals surface area contributed by atoms with Crippen LogP contribution in [0.1, 0.15) is 49.0 Å². The molecule has 2 aliphatic heterocycles. The molecular formula is C25H29N3O3. The van der Waals surface area contributed by atoms with Gasteiger partial charge in [-0.15, -0.1) is 0 Å². The Morgan fingerprint density at radius 1 is 0.903 bits per heavy atom. The summed E-state index contributed by atoms with van der Waals surface area (Å²) in [7, 11) is 0. The Bertz CT molecular complexity index is 994. The third-order valence-electron chi connectivity index (χ3n) is 6.22. The molecule has 1 atom stereocenters. The van der Waals surface area contributed by atoms with E-state index >= 15 is 0 Å². The summed E-state index contributed by atoms with van der Waals surface area (Å²) in [5, 5.41) is 2.83.